The van der Waals surface area contributed by atoms with Crippen LogP contribution in [0.4, 0.5) is 11.4 Å². The molecule has 13 heteroatoms. The molecule has 2 aromatic rings. The van der Waals surface area contributed by atoms with Crippen molar-refractivity contribution in [3.63, 3.8) is 0 Å². The molecule has 150 valence electrons. The fourth-order valence-electron chi connectivity index (χ4n) is 2.34. The molecule has 1 aliphatic heterocycles. The van der Waals surface area contributed by atoms with E-state index >= 15 is 0 Å². The number of benzene rings is 2. The zero-order chi connectivity index (χ0) is 21.0. The van der Waals surface area contributed by atoms with Crippen LogP contribution in [0.3, 0.4) is 0 Å². The Hall–Kier alpha value is -2.97. The maximum absolute atomic E-state index is 12.6. The van der Waals surface area contributed by atoms with Crippen molar-refractivity contribution in [2.24, 2.45) is 15.3 Å². The highest BCUT2D eigenvalue weighted by Crippen LogP contribution is 2.25. The molecule has 1 unspecified atom stereocenters. The van der Waals surface area contributed by atoms with Gasteiger partial charge in [0, 0.05) is 4.90 Å². The SMILES string of the molecule is O=CC1=NN(c2ccc(S(=O)(=O)O)cc2)C(=O)C1N=Nc1ccc(SOO)cc1. The minimum atomic E-state index is -4.38. The van der Waals surface area contributed by atoms with E-state index in [2.05, 4.69) is 19.7 Å². The van der Waals surface area contributed by atoms with Crippen molar-refractivity contribution in [1.29, 1.82) is 0 Å². The fraction of sp³-hybridized carbons (Fsp3) is 0.0625. The minimum absolute atomic E-state index is 0.168. The van der Waals surface area contributed by atoms with Gasteiger partial charge in [-0.15, -0.1) is 0 Å². The van der Waals surface area contributed by atoms with E-state index in [-0.39, 0.29) is 16.3 Å². The number of hydrogen-bond acceptors (Lipinski definition) is 10. The summed E-state index contributed by atoms with van der Waals surface area (Å²) in [4.78, 5) is 24.1. The van der Waals surface area contributed by atoms with Crippen molar-refractivity contribution in [3.05, 3.63) is 48.5 Å². The monoisotopic (exact) mass is 436 g/mol. The molecule has 1 atom stereocenters. The summed E-state index contributed by atoms with van der Waals surface area (Å²) in [6.45, 7) is 0. The second-order valence-electron chi connectivity index (χ2n) is 5.53. The third-order valence-electron chi connectivity index (χ3n) is 3.70. The molecule has 0 fully saturated rings. The fourth-order valence-corrected chi connectivity index (χ4v) is 3.15. The molecule has 0 saturated heterocycles. The van der Waals surface area contributed by atoms with Crippen LogP contribution in [0.25, 0.3) is 0 Å². The van der Waals surface area contributed by atoms with Gasteiger partial charge in [-0.2, -0.15) is 33.1 Å². The van der Waals surface area contributed by atoms with E-state index in [0.717, 1.165) is 29.2 Å². The van der Waals surface area contributed by atoms with E-state index in [1.807, 2.05) is 0 Å². The number of anilines is 1. The molecule has 0 saturated carbocycles. The first-order valence-corrected chi connectivity index (χ1v) is 9.96. The van der Waals surface area contributed by atoms with Gasteiger partial charge in [-0.1, -0.05) is 0 Å². The Labute approximate surface area is 168 Å². The highest BCUT2D eigenvalue weighted by molar-refractivity contribution is 7.94. The van der Waals surface area contributed by atoms with Gasteiger partial charge in [0.1, 0.15) is 5.71 Å². The quantitative estimate of drug-likeness (QED) is 0.167. The zero-order valence-electron chi connectivity index (χ0n) is 14.3. The lowest BCUT2D eigenvalue weighted by Crippen LogP contribution is -2.30. The maximum atomic E-state index is 12.6. The van der Waals surface area contributed by atoms with Crippen LogP contribution in [0.15, 0.2) is 73.7 Å². The number of azo groups is 1. The van der Waals surface area contributed by atoms with E-state index < -0.39 is 22.1 Å². The predicted molar refractivity (Wildman–Crippen MR) is 102 cm³/mol. The molecule has 1 heterocycles. The highest BCUT2D eigenvalue weighted by atomic mass is 32.2. The Kier molecular flexibility index (Phi) is 6.14. The van der Waals surface area contributed by atoms with Crippen LogP contribution in [-0.4, -0.2) is 42.2 Å². The Morgan fingerprint density at radius 1 is 1.14 bits per heavy atom. The molecule has 29 heavy (non-hydrogen) atoms. The molecule has 1 amide bonds. The molecular weight excluding hydrogens is 424 g/mol. The molecule has 2 N–H and O–H groups in total. The van der Waals surface area contributed by atoms with Gasteiger partial charge in [-0.25, -0.2) is 5.26 Å². The molecule has 0 spiro atoms. The molecule has 1 aliphatic rings. The van der Waals surface area contributed by atoms with Crippen LogP contribution in [0.1, 0.15) is 0 Å². The van der Waals surface area contributed by atoms with Crippen molar-refractivity contribution >= 4 is 51.4 Å². The number of hydrogen-bond donors (Lipinski definition) is 2. The second-order valence-corrected chi connectivity index (χ2v) is 7.74. The van der Waals surface area contributed by atoms with Gasteiger partial charge in [-0.3, -0.25) is 14.1 Å². The average Bonchev–Trinajstić information content (AvgIpc) is 3.03. The lowest BCUT2D eigenvalue weighted by atomic mass is 10.2. The highest BCUT2D eigenvalue weighted by Gasteiger charge is 2.37. The number of carbonyl (C=O) groups is 2. The van der Waals surface area contributed by atoms with Crippen LogP contribution in [0, 0.1) is 0 Å². The van der Waals surface area contributed by atoms with Crippen molar-refractivity contribution in [2.75, 3.05) is 5.01 Å². The largest absolute Gasteiger partial charge is 0.296 e. The van der Waals surface area contributed by atoms with Gasteiger partial charge < -0.3 is 0 Å². The van der Waals surface area contributed by atoms with Crippen molar-refractivity contribution < 1.29 is 32.2 Å². The molecule has 0 radical (unpaired) electrons. The summed E-state index contributed by atoms with van der Waals surface area (Å²) >= 11 is 0.736. The van der Waals surface area contributed by atoms with Gasteiger partial charge in [-0.05, 0) is 48.5 Å². The van der Waals surface area contributed by atoms with Crippen LogP contribution in [0.5, 0.6) is 0 Å². The lowest BCUT2D eigenvalue weighted by Gasteiger charge is -2.12. The van der Waals surface area contributed by atoms with Crippen molar-refractivity contribution in [2.45, 2.75) is 15.8 Å². The standard InChI is InChI=1S/C16H12N4O7S2/c21-9-14-15(18-17-10-1-5-12(6-2-10)28-27-23)16(22)20(19-14)11-3-7-13(8-4-11)29(24,25)26/h1-9,15,23H,(H,24,25,26). The normalized spacial score (nSPS) is 17.0. The first-order chi connectivity index (χ1) is 13.8. The molecule has 2 aromatic carbocycles. The number of hydrazone groups is 1. The number of amides is 1. The average molecular weight is 436 g/mol. The zero-order valence-corrected chi connectivity index (χ0v) is 15.9. The molecule has 0 aromatic heterocycles. The molecule has 0 aliphatic carbocycles. The van der Waals surface area contributed by atoms with E-state index in [1.54, 1.807) is 24.3 Å². The Balaban J connectivity index is 1.80. The van der Waals surface area contributed by atoms with Gasteiger partial charge in [0.15, 0.2) is 12.3 Å². The maximum Gasteiger partial charge on any atom is 0.294 e. The number of rotatable bonds is 7. The summed E-state index contributed by atoms with van der Waals surface area (Å²) in [5.74, 6) is -0.656. The molecule has 0 bridgehead atoms. The third-order valence-corrected chi connectivity index (χ3v) is 5.10. The van der Waals surface area contributed by atoms with Gasteiger partial charge >= 0.3 is 0 Å². The Morgan fingerprint density at radius 2 is 1.79 bits per heavy atom. The third kappa shape index (κ3) is 4.72. The topological polar surface area (TPSA) is 158 Å². The number of nitrogens with zero attached hydrogens (tertiary/aromatic N) is 4. The summed E-state index contributed by atoms with van der Waals surface area (Å²) in [5, 5.41) is 21.0. The summed E-state index contributed by atoms with van der Waals surface area (Å²) in [6.07, 6.45) is 0.381. The summed E-state index contributed by atoms with van der Waals surface area (Å²) in [6, 6.07) is 9.77. The van der Waals surface area contributed by atoms with Crippen LogP contribution < -0.4 is 5.01 Å². The lowest BCUT2D eigenvalue weighted by molar-refractivity contribution is -0.118. The van der Waals surface area contributed by atoms with E-state index in [0.29, 0.717) is 16.9 Å². The summed E-state index contributed by atoms with van der Waals surface area (Å²) in [5.41, 5.74) is 0.407. The second kappa shape index (κ2) is 8.59. The smallest absolute Gasteiger partial charge is 0.294 e. The number of carbonyl (C=O) groups excluding carboxylic acids is 2. The summed E-state index contributed by atoms with van der Waals surface area (Å²) < 4.78 is 35.2. The van der Waals surface area contributed by atoms with Crippen molar-refractivity contribution in [3.8, 4) is 0 Å². The minimum Gasteiger partial charge on any atom is -0.296 e. The van der Waals surface area contributed by atoms with Crippen LogP contribution in [0.2, 0.25) is 0 Å². The van der Waals surface area contributed by atoms with E-state index in [9.17, 15) is 18.0 Å². The van der Waals surface area contributed by atoms with Gasteiger partial charge in [0.05, 0.1) is 28.3 Å². The first kappa shape index (κ1) is 20.8. The molecule has 11 nitrogen and oxygen atoms in total. The van der Waals surface area contributed by atoms with Gasteiger partial charge in [0.2, 0.25) is 0 Å². The first-order valence-electron chi connectivity index (χ1n) is 7.77. The molecular formula is C16H12N4O7S2. The van der Waals surface area contributed by atoms with E-state index in [4.69, 9.17) is 9.81 Å². The van der Waals surface area contributed by atoms with Crippen LogP contribution in [-0.2, 0) is 24.0 Å². The molecule has 3 rings (SSSR count). The Morgan fingerprint density at radius 3 is 2.34 bits per heavy atom. The summed E-state index contributed by atoms with van der Waals surface area (Å²) in [7, 11) is -4.38. The van der Waals surface area contributed by atoms with Crippen molar-refractivity contribution in [1.82, 2.24) is 0 Å². The Bertz CT molecular complexity index is 1080. The van der Waals surface area contributed by atoms with Gasteiger partial charge in [0.25, 0.3) is 16.0 Å². The van der Waals surface area contributed by atoms with Crippen LogP contribution >= 0.6 is 12.0 Å². The predicted octanol–water partition coefficient (Wildman–Crippen LogP) is 2.48. The number of aldehydes is 1. The van der Waals surface area contributed by atoms with E-state index in [1.165, 1.54) is 12.1 Å².